The zero-order chi connectivity index (χ0) is 24.1. The Balaban J connectivity index is 1.49. The van der Waals surface area contributed by atoms with E-state index in [1.165, 1.54) is 18.2 Å². The molecule has 0 bridgehead atoms. The number of amides is 1. The third-order valence-electron chi connectivity index (χ3n) is 4.63. The molecule has 0 aliphatic heterocycles. The lowest BCUT2D eigenvalue weighted by Crippen LogP contribution is -2.31. The first-order valence-corrected chi connectivity index (χ1v) is 10.9. The van der Waals surface area contributed by atoms with Crippen LogP contribution in [0, 0.1) is 5.82 Å². The van der Waals surface area contributed by atoms with Gasteiger partial charge in [-0.15, -0.1) is 10.2 Å². The van der Waals surface area contributed by atoms with Crippen LogP contribution in [0.3, 0.4) is 0 Å². The van der Waals surface area contributed by atoms with Gasteiger partial charge in [0.2, 0.25) is 5.91 Å². The van der Waals surface area contributed by atoms with Gasteiger partial charge in [0.25, 0.3) is 0 Å². The molecule has 0 saturated carbocycles. The molecule has 6 nitrogen and oxygen atoms in total. The van der Waals surface area contributed by atoms with Gasteiger partial charge in [-0.3, -0.25) is 20.2 Å². The maximum absolute atomic E-state index is 14.4. The van der Waals surface area contributed by atoms with Crippen LogP contribution in [0.1, 0.15) is 5.56 Å². The Hall–Kier alpha value is -3.86. The highest BCUT2D eigenvalue weighted by atomic mass is 32.2. The average Bonchev–Trinajstić information content (AvgIpc) is 3.25. The third kappa shape index (κ3) is 5.37. The Morgan fingerprint density at radius 3 is 2.41 bits per heavy atom. The minimum Gasteiger partial charge on any atom is -0.299 e. The predicted molar refractivity (Wildman–Crippen MR) is 121 cm³/mol. The van der Waals surface area contributed by atoms with E-state index in [9.17, 15) is 22.4 Å². The van der Waals surface area contributed by atoms with E-state index in [2.05, 4.69) is 21.0 Å². The van der Waals surface area contributed by atoms with Gasteiger partial charge >= 0.3 is 6.18 Å². The summed E-state index contributed by atoms with van der Waals surface area (Å²) in [7, 11) is 0. The van der Waals surface area contributed by atoms with Crippen molar-refractivity contribution in [2.75, 3.05) is 11.2 Å². The van der Waals surface area contributed by atoms with Gasteiger partial charge in [-0.1, -0.05) is 48.2 Å². The number of nitrogens with one attached hydrogen (secondary N) is 2. The van der Waals surface area contributed by atoms with E-state index in [0.717, 1.165) is 23.9 Å². The van der Waals surface area contributed by atoms with Crippen molar-refractivity contribution in [2.45, 2.75) is 11.3 Å². The fraction of sp³-hybridized carbons (Fsp3) is 0.0870. The number of hydrazine groups is 1. The summed E-state index contributed by atoms with van der Waals surface area (Å²) in [5.74, 6) is -0.813. The highest BCUT2D eigenvalue weighted by molar-refractivity contribution is 7.99. The summed E-state index contributed by atoms with van der Waals surface area (Å²) < 4.78 is 54.6. The molecule has 34 heavy (non-hydrogen) atoms. The number of para-hydroxylation sites is 1. The van der Waals surface area contributed by atoms with Crippen LogP contribution < -0.4 is 10.9 Å². The molecule has 0 atom stereocenters. The summed E-state index contributed by atoms with van der Waals surface area (Å²) in [5.41, 5.74) is 5.01. The maximum Gasteiger partial charge on any atom is 0.416 e. The molecule has 174 valence electrons. The molecule has 0 spiro atoms. The highest BCUT2D eigenvalue weighted by Gasteiger charge is 2.30. The second kappa shape index (κ2) is 9.96. The van der Waals surface area contributed by atoms with E-state index in [1.807, 2.05) is 6.07 Å². The molecular formula is C23H17F4N5OS. The Morgan fingerprint density at radius 2 is 1.68 bits per heavy atom. The Labute approximate surface area is 196 Å². The first-order chi connectivity index (χ1) is 16.3. The lowest BCUT2D eigenvalue weighted by atomic mass is 10.2. The van der Waals surface area contributed by atoms with Crippen molar-refractivity contribution in [3.8, 4) is 17.1 Å². The predicted octanol–water partition coefficient (Wildman–Crippen LogP) is 5.33. The zero-order valence-corrected chi connectivity index (χ0v) is 18.2. The molecule has 3 aromatic carbocycles. The maximum atomic E-state index is 14.4. The number of anilines is 1. The van der Waals surface area contributed by atoms with Crippen molar-refractivity contribution >= 4 is 23.4 Å². The lowest BCUT2D eigenvalue weighted by Gasteiger charge is -2.12. The number of alkyl halides is 3. The molecule has 0 saturated heterocycles. The summed E-state index contributed by atoms with van der Waals surface area (Å²) >= 11 is 1.05. The molecule has 1 amide bonds. The number of carbonyl (C=O) groups is 1. The van der Waals surface area contributed by atoms with Gasteiger partial charge in [-0.25, -0.2) is 4.39 Å². The second-order valence-electron chi connectivity index (χ2n) is 7.00. The largest absolute Gasteiger partial charge is 0.416 e. The quantitative estimate of drug-likeness (QED) is 0.210. The molecule has 11 heteroatoms. The number of carbonyl (C=O) groups excluding carboxylic acids is 1. The Kier molecular flexibility index (Phi) is 6.82. The lowest BCUT2D eigenvalue weighted by molar-refractivity contribution is -0.137. The van der Waals surface area contributed by atoms with Crippen LogP contribution >= 0.6 is 11.8 Å². The van der Waals surface area contributed by atoms with E-state index in [4.69, 9.17) is 0 Å². The molecular weight excluding hydrogens is 470 g/mol. The van der Waals surface area contributed by atoms with Crippen LogP contribution in [0.2, 0.25) is 0 Å². The van der Waals surface area contributed by atoms with Gasteiger partial charge in [-0.2, -0.15) is 13.2 Å². The summed E-state index contributed by atoms with van der Waals surface area (Å²) in [6, 6.07) is 19.7. The molecule has 0 unspecified atom stereocenters. The zero-order valence-electron chi connectivity index (χ0n) is 17.4. The van der Waals surface area contributed by atoms with Crippen molar-refractivity contribution in [3.63, 3.8) is 0 Å². The third-order valence-corrected chi connectivity index (χ3v) is 5.56. The smallest absolute Gasteiger partial charge is 0.299 e. The van der Waals surface area contributed by atoms with Crippen molar-refractivity contribution in [1.29, 1.82) is 0 Å². The number of thioether (sulfide) groups is 1. The van der Waals surface area contributed by atoms with Crippen LogP contribution in [-0.4, -0.2) is 26.4 Å². The summed E-state index contributed by atoms with van der Waals surface area (Å²) in [6.07, 6.45) is -4.49. The van der Waals surface area contributed by atoms with E-state index in [1.54, 1.807) is 47.0 Å². The van der Waals surface area contributed by atoms with Crippen LogP contribution in [-0.2, 0) is 11.0 Å². The number of rotatable bonds is 7. The summed E-state index contributed by atoms with van der Waals surface area (Å²) in [6.45, 7) is 0. The minimum absolute atomic E-state index is 0.0856. The van der Waals surface area contributed by atoms with Crippen molar-refractivity contribution in [1.82, 2.24) is 20.2 Å². The molecule has 4 rings (SSSR count). The topological polar surface area (TPSA) is 71.8 Å². The molecule has 2 N–H and O–H groups in total. The van der Waals surface area contributed by atoms with Crippen LogP contribution in [0.15, 0.2) is 84.0 Å². The van der Waals surface area contributed by atoms with Gasteiger partial charge < -0.3 is 0 Å². The van der Waals surface area contributed by atoms with Gasteiger partial charge in [0, 0.05) is 5.69 Å². The van der Waals surface area contributed by atoms with Crippen LogP contribution in [0.5, 0.6) is 0 Å². The minimum atomic E-state index is -4.49. The van der Waals surface area contributed by atoms with Crippen molar-refractivity contribution in [2.24, 2.45) is 0 Å². The molecule has 0 aliphatic carbocycles. The monoisotopic (exact) mass is 487 g/mol. The van der Waals surface area contributed by atoms with E-state index >= 15 is 0 Å². The van der Waals surface area contributed by atoms with Crippen molar-refractivity contribution < 1.29 is 22.4 Å². The normalized spacial score (nSPS) is 11.3. The average molecular weight is 487 g/mol. The van der Waals surface area contributed by atoms with E-state index < -0.39 is 23.5 Å². The fourth-order valence-corrected chi connectivity index (χ4v) is 3.82. The second-order valence-corrected chi connectivity index (χ2v) is 7.94. The summed E-state index contributed by atoms with van der Waals surface area (Å²) in [4.78, 5) is 12.3. The standard InChI is InChI=1S/C23H17F4N5OS/c24-19-12-5-4-11-18(19)21-30-31-22(32(21)17-9-2-1-3-10-17)34-14-20(33)29-28-16-8-6-7-15(13-16)23(25,26)27/h1-13,28H,14H2,(H,29,33). The van der Waals surface area contributed by atoms with Gasteiger partial charge in [0.05, 0.1) is 22.6 Å². The molecule has 1 heterocycles. The first-order valence-electron chi connectivity index (χ1n) is 9.93. The Morgan fingerprint density at radius 1 is 0.941 bits per heavy atom. The van der Waals surface area contributed by atoms with Crippen LogP contribution in [0.4, 0.5) is 23.2 Å². The van der Waals surface area contributed by atoms with E-state index in [0.29, 0.717) is 10.8 Å². The summed E-state index contributed by atoms with van der Waals surface area (Å²) in [5, 5.41) is 8.59. The molecule has 1 aromatic heterocycles. The number of aromatic nitrogens is 3. The van der Waals surface area contributed by atoms with E-state index in [-0.39, 0.29) is 22.8 Å². The van der Waals surface area contributed by atoms with Crippen LogP contribution in [0.25, 0.3) is 17.1 Å². The number of hydrogen-bond donors (Lipinski definition) is 2. The van der Waals surface area contributed by atoms with Gasteiger partial charge in [0.1, 0.15) is 5.82 Å². The molecule has 0 aliphatic rings. The fourth-order valence-electron chi connectivity index (χ4n) is 3.07. The SMILES string of the molecule is O=C(CSc1nnc(-c2ccccc2F)n1-c1ccccc1)NNc1cccc(C(F)(F)F)c1. The van der Waals surface area contributed by atoms with Gasteiger partial charge in [-0.05, 0) is 42.5 Å². The molecule has 0 fully saturated rings. The number of hydrogen-bond acceptors (Lipinski definition) is 5. The number of nitrogens with zero attached hydrogens (tertiary/aromatic N) is 3. The molecule has 0 radical (unpaired) electrons. The highest BCUT2D eigenvalue weighted by Crippen LogP contribution is 2.31. The number of benzene rings is 3. The van der Waals surface area contributed by atoms with Gasteiger partial charge in [0.15, 0.2) is 11.0 Å². The Bertz CT molecular complexity index is 1290. The first kappa shape index (κ1) is 23.3. The van der Waals surface area contributed by atoms with Crippen molar-refractivity contribution in [3.05, 3.63) is 90.2 Å². The molecule has 4 aromatic rings. The number of halogens is 4.